The van der Waals surface area contributed by atoms with Crippen LogP contribution in [0.3, 0.4) is 0 Å². The molecule has 0 spiro atoms. The van der Waals surface area contributed by atoms with Gasteiger partial charge in [0.2, 0.25) is 0 Å². The van der Waals surface area contributed by atoms with Gasteiger partial charge in [-0.3, -0.25) is 4.79 Å². The normalized spacial score (nSPS) is 12.3. The first-order valence-corrected chi connectivity index (χ1v) is 6.83. The Morgan fingerprint density at radius 3 is 2.70 bits per heavy atom. The van der Waals surface area contributed by atoms with Gasteiger partial charge in [-0.05, 0) is 37.1 Å². The minimum absolute atomic E-state index is 0.109. The Bertz CT molecular complexity index is 526. The smallest absolute Gasteiger partial charge is 0.328 e. The summed E-state index contributed by atoms with van der Waals surface area (Å²) in [6.45, 7) is 4.01. The van der Waals surface area contributed by atoms with Crippen LogP contribution in [0.15, 0.2) is 24.3 Å². The van der Waals surface area contributed by atoms with Gasteiger partial charge in [-0.1, -0.05) is 31.0 Å². The van der Waals surface area contributed by atoms with Crippen LogP contribution in [0, 0.1) is 0 Å². The summed E-state index contributed by atoms with van der Waals surface area (Å²) in [6.07, 6.45) is 4.32. The highest BCUT2D eigenvalue weighted by molar-refractivity contribution is 6.32. The van der Waals surface area contributed by atoms with Gasteiger partial charge in [0.1, 0.15) is 0 Å². The summed E-state index contributed by atoms with van der Waals surface area (Å²) in [5.74, 6) is -1.22. The molecule has 0 aromatic heterocycles. The molecule has 5 heteroatoms. The highest BCUT2D eigenvalue weighted by atomic mass is 35.5. The van der Waals surface area contributed by atoms with E-state index < -0.39 is 5.97 Å². The van der Waals surface area contributed by atoms with Gasteiger partial charge in [-0.25, -0.2) is 4.79 Å². The summed E-state index contributed by atoms with van der Waals surface area (Å²) in [6, 6.07) is 4.90. The maximum Gasteiger partial charge on any atom is 0.328 e. The van der Waals surface area contributed by atoms with E-state index in [-0.39, 0.29) is 11.9 Å². The van der Waals surface area contributed by atoms with Crippen molar-refractivity contribution in [1.29, 1.82) is 0 Å². The molecule has 108 valence electrons. The molecule has 0 aliphatic rings. The highest BCUT2D eigenvalue weighted by Crippen LogP contribution is 2.19. The molecule has 0 fully saturated rings. The summed E-state index contributed by atoms with van der Waals surface area (Å²) in [5.41, 5.74) is 1.03. The lowest BCUT2D eigenvalue weighted by Gasteiger charge is -2.13. The van der Waals surface area contributed by atoms with Crippen molar-refractivity contribution >= 4 is 29.6 Å². The number of halogens is 1. The van der Waals surface area contributed by atoms with E-state index in [1.165, 1.54) is 12.1 Å². The molecule has 1 aromatic carbocycles. The van der Waals surface area contributed by atoms with Crippen molar-refractivity contribution in [3.05, 3.63) is 40.4 Å². The lowest BCUT2D eigenvalue weighted by Crippen LogP contribution is -2.32. The van der Waals surface area contributed by atoms with E-state index in [4.69, 9.17) is 16.7 Å². The number of aliphatic carboxylic acids is 1. The van der Waals surface area contributed by atoms with E-state index in [2.05, 4.69) is 12.2 Å². The average molecular weight is 296 g/mol. The third-order valence-corrected chi connectivity index (χ3v) is 3.09. The number of carbonyl (C=O) groups is 2. The van der Waals surface area contributed by atoms with Crippen molar-refractivity contribution in [3.8, 4) is 0 Å². The number of amides is 1. The second-order valence-electron chi connectivity index (χ2n) is 4.57. The first-order valence-electron chi connectivity index (χ1n) is 6.45. The van der Waals surface area contributed by atoms with Crippen LogP contribution in [0.25, 0.3) is 6.08 Å². The summed E-state index contributed by atoms with van der Waals surface area (Å²) in [5, 5.41) is 11.8. The fraction of sp³-hybridized carbons (Fsp3) is 0.333. The summed E-state index contributed by atoms with van der Waals surface area (Å²) in [7, 11) is 0. The van der Waals surface area contributed by atoms with E-state index in [1.807, 2.05) is 6.92 Å². The van der Waals surface area contributed by atoms with Crippen molar-refractivity contribution in [3.63, 3.8) is 0 Å². The molecule has 1 rings (SSSR count). The molecule has 0 radical (unpaired) electrons. The van der Waals surface area contributed by atoms with Gasteiger partial charge in [0, 0.05) is 22.7 Å². The maximum atomic E-state index is 12.0. The lowest BCUT2D eigenvalue weighted by molar-refractivity contribution is -0.131. The zero-order valence-corrected chi connectivity index (χ0v) is 12.3. The monoisotopic (exact) mass is 295 g/mol. The van der Waals surface area contributed by atoms with Crippen molar-refractivity contribution in [2.75, 3.05) is 0 Å². The molecule has 0 aliphatic heterocycles. The maximum absolute atomic E-state index is 12.0. The molecule has 0 saturated carbocycles. The lowest BCUT2D eigenvalue weighted by atomic mass is 10.1. The second-order valence-corrected chi connectivity index (χ2v) is 4.98. The van der Waals surface area contributed by atoms with Gasteiger partial charge in [0.15, 0.2) is 0 Å². The predicted octanol–water partition coefficient (Wildman–Crippen LogP) is 3.36. The number of carboxylic acids is 1. The Balaban J connectivity index is 2.81. The van der Waals surface area contributed by atoms with Crippen LogP contribution in [-0.4, -0.2) is 23.0 Å². The Morgan fingerprint density at radius 2 is 2.15 bits per heavy atom. The van der Waals surface area contributed by atoms with E-state index in [0.29, 0.717) is 16.1 Å². The fourth-order valence-corrected chi connectivity index (χ4v) is 2.02. The first-order chi connectivity index (χ1) is 9.43. The fourth-order valence-electron chi connectivity index (χ4n) is 1.78. The predicted molar refractivity (Wildman–Crippen MR) is 80.0 cm³/mol. The summed E-state index contributed by atoms with van der Waals surface area (Å²) < 4.78 is 0. The molecule has 1 unspecified atom stereocenters. The van der Waals surface area contributed by atoms with Crippen molar-refractivity contribution < 1.29 is 14.7 Å². The zero-order chi connectivity index (χ0) is 15.1. The van der Waals surface area contributed by atoms with Gasteiger partial charge >= 0.3 is 5.97 Å². The molecule has 0 aliphatic carbocycles. The number of carbonyl (C=O) groups excluding carboxylic acids is 1. The number of hydrogen-bond acceptors (Lipinski definition) is 2. The third-order valence-electron chi connectivity index (χ3n) is 2.77. The van der Waals surface area contributed by atoms with Crippen LogP contribution < -0.4 is 5.32 Å². The zero-order valence-electron chi connectivity index (χ0n) is 11.5. The molecule has 4 nitrogen and oxygen atoms in total. The number of hydrogen-bond donors (Lipinski definition) is 2. The SMILES string of the molecule is CCCC(C)NC(=O)c1ccc(/C=C/C(=O)O)c(Cl)c1. The molecule has 1 amide bonds. The molecule has 20 heavy (non-hydrogen) atoms. The van der Waals surface area contributed by atoms with E-state index in [9.17, 15) is 9.59 Å². The molecule has 1 aromatic rings. The summed E-state index contributed by atoms with van der Waals surface area (Å²) in [4.78, 5) is 22.4. The molecule has 0 heterocycles. The molecule has 1 atom stereocenters. The molecule has 2 N–H and O–H groups in total. The summed E-state index contributed by atoms with van der Waals surface area (Å²) >= 11 is 6.03. The van der Waals surface area contributed by atoms with Crippen LogP contribution in [0.4, 0.5) is 0 Å². The Hall–Kier alpha value is -1.81. The van der Waals surface area contributed by atoms with Crippen LogP contribution >= 0.6 is 11.6 Å². The number of benzene rings is 1. The van der Waals surface area contributed by atoms with Gasteiger partial charge in [-0.15, -0.1) is 0 Å². The Morgan fingerprint density at radius 1 is 1.45 bits per heavy atom. The second kappa shape index (κ2) is 7.70. The van der Waals surface area contributed by atoms with E-state index in [0.717, 1.165) is 18.9 Å². The van der Waals surface area contributed by atoms with Gasteiger partial charge < -0.3 is 10.4 Å². The number of nitrogens with one attached hydrogen (secondary N) is 1. The topological polar surface area (TPSA) is 66.4 Å². The van der Waals surface area contributed by atoms with E-state index >= 15 is 0 Å². The van der Waals surface area contributed by atoms with Crippen LogP contribution in [-0.2, 0) is 4.79 Å². The van der Waals surface area contributed by atoms with Crippen LogP contribution in [0.1, 0.15) is 42.6 Å². The number of rotatable bonds is 6. The minimum atomic E-state index is -1.05. The molecule has 0 saturated heterocycles. The average Bonchev–Trinajstić information content (AvgIpc) is 2.37. The molecular weight excluding hydrogens is 278 g/mol. The van der Waals surface area contributed by atoms with Crippen molar-refractivity contribution in [2.45, 2.75) is 32.7 Å². The molecular formula is C15H18ClNO3. The highest BCUT2D eigenvalue weighted by Gasteiger charge is 2.10. The Kier molecular flexibility index (Phi) is 6.25. The van der Waals surface area contributed by atoms with E-state index in [1.54, 1.807) is 12.1 Å². The minimum Gasteiger partial charge on any atom is -0.478 e. The van der Waals surface area contributed by atoms with Crippen molar-refractivity contribution in [1.82, 2.24) is 5.32 Å². The van der Waals surface area contributed by atoms with Gasteiger partial charge in [0.05, 0.1) is 0 Å². The van der Waals surface area contributed by atoms with Crippen LogP contribution in [0.2, 0.25) is 5.02 Å². The molecule has 0 bridgehead atoms. The van der Waals surface area contributed by atoms with Crippen molar-refractivity contribution in [2.24, 2.45) is 0 Å². The van der Waals surface area contributed by atoms with Gasteiger partial charge in [0.25, 0.3) is 5.91 Å². The Labute approximate surface area is 123 Å². The quantitative estimate of drug-likeness (QED) is 0.791. The largest absolute Gasteiger partial charge is 0.478 e. The van der Waals surface area contributed by atoms with Gasteiger partial charge in [-0.2, -0.15) is 0 Å². The van der Waals surface area contributed by atoms with Crippen LogP contribution in [0.5, 0.6) is 0 Å². The standard InChI is InChI=1S/C15H18ClNO3/c1-3-4-10(2)17-15(20)12-6-5-11(13(16)9-12)7-8-14(18)19/h5-10H,3-4H2,1-2H3,(H,17,20)(H,18,19)/b8-7+. The first kappa shape index (κ1) is 16.2. The number of carboxylic acid groups (broad SMARTS) is 1. The third kappa shape index (κ3) is 5.05.